The number of ether oxygens (including phenoxy) is 1. The Balaban J connectivity index is 2.17. The van der Waals surface area contributed by atoms with Crippen LogP contribution < -0.4 is 10.1 Å². The molecular formula is C16H18FNO. The molecular weight excluding hydrogens is 241 g/mol. The van der Waals surface area contributed by atoms with Crippen molar-refractivity contribution in [2.45, 2.75) is 12.5 Å². The molecule has 3 heteroatoms. The van der Waals surface area contributed by atoms with Crippen molar-refractivity contribution < 1.29 is 9.13 Å². The van der Waals surface area contributed by atoms with Gasteiger partial charge in [0.15, 0.2) is 11.6 Å². The lowest BCUT2D eigenvalue weighted by molar-refractivity contribution is 0.386. The molecule has 0 bridgehead atoms. The zero-order valence-corrected chi connectivity index (χ0v) is 11.2. The molecule has 0 fully saturated rings. The first-order chi connectivity index (χ1) is 9.24. The molecule has 1 atom stereocenters. The van der Waals surface area contributed by atoms with Crippen molar-refractivity contribution in [3.8, 4) is 5.75 Å². The zero-order chi connectivity index (χ0) is 13.7. The minimum Gasteiger partial charge on any atom is -0.494 e. The fraction of sp³-hybridized carbons (Fsp3) is 0.250. The van der Waals surface area contributed by atoms with Crippen LogP contribution in [0.2, 0.25) is 0 Å². The number of nitrogens with one attached hydrogen (secondary N) is 1. The van der Waals surface area contributed by atoms with E-state index in [9.17, 15) is 4.39 Å². The first kappa shape index (κ1) is 13.6. The Kier molecular flexibility index (Phi) is 4.53. The van der Waals surface area contributed by atoms with Gasteiger partial charge in [0.25, 0.3) is 0 Å². The van der Waals surface area contributed by atoms with Crippen molar-refractivity contribution in [1.29, 1.82) is 0 Å². The largest absolute Gasteiger partial charge is 0.494 e. The van der Waals surface area contributed by atoms with Crippen molar-refractivity contribution in [2.24, 2.45) is 0 Å². The van der Waals surface area contributed by atoms with E-state index < -0.39 is 0 Å². The Morgan fingerprint density at radius 3 is 2.47 bits per heavy atom. The van der Waals surface area contributed by atoms with E-state index in [1.165, 1.54) is 18.7 Å². The van der Waals surface area contributed by atoms with Gasteiger partial charge in [-0.05, 0) is 36.7 Å². The third kappa shape index (κ3) is 3.32. The van der Waals surface area contributed by atoms with Crippen LogP contribution in [0.4, 0.5) is 4.39 Å². The molecule has 0 spiro atoms. The van der Waals surface area contributed by atoms with Crippen LogP contribution in [0.5, 0.6) is 5.75 Å². The molecule has 0 saturated carbocycles. The summed E-state index contributed by atoms with van der Waals surface area (Å²) in [6.07, 6.45) is 0.738. The van der Waals surface area contributed by atoms with Gasteiger partial charge in [0.1, 0.15) is 0 Å². The Morgan fingerprint density at radius 1 is 1.16 bits per heavy atom. The van der Waals surface area contributed by atoms with Gasteiger partial charge in [-0.15, -0.1) is 0 Å². The van der Waals surface area contributed by atoms with Crippen LogP contribution in [0.15, 0.2) is 48.5 Å². The molecule has 0 aliphatic rings. The zero-order valence-electron chi connectivity index (χ0n) is 11.2. The lowest BCUT2D eigenvalue weighted by atomic mass is 9.99. The van der Waals surface area contributed by atoms with E-state index in [0.717, 1.165) is 12.0 Å². The number of benzene rings is 2. The number of halogens is 1. The maximum absolute atomic E-state index is 13.7. The molecule has 1 N–H and O–H groups in total. The summed E-state index contributed by atoms with van der Waals surface area (Å²) in [7, 11) is 3.38. The molecule has 2 aromatic carbocycles. The summed E-state index contributed by atoms with van der Waals surface area (Å²) in [5, 5.41) is 3.26. The summed E-state index contributed by atoms with van der Waals surface area (Å²) in [6, 6.07) is 15.4. The van der Waals surface area contributed by atoms with Gasteiger partial charge in [-0.2, -0.15) is 0 Å². The lowest BCUT2D eigenvalue weighted by Crippen LogP contribution is -2.18. The molecule has 2 aromatic rings. The molecule has 100 valence electrons. The second kappa shape index (κ2) is 6.34. The molecule has 2 nitrogen and oxygen atoms in total. The van der Waals surface area contributed by atoms with E-state index in [1.807, 2.05) is 31.3 Å². The Bertz CT molecular complexity index is 528. The van der Waals surface area contributed by atoms with E-state index in [4.69, 9.17) is 4.74 Å². The van der Waals surface area contributed by atoms with E-state index in [0.29, 0.717) is 0 Å². The first-order valence-corrected chi connectivity index (χ1v) is 6.29. The quantitative estimate of drug-likeness (QED) is 0.889. The minimum atomic E-state index is -0.317. The molecule has 0 aliphatic carbocycles. The normalized spacial score (nSPS) is 12.2. The summed E-state index contributed by atoms with van der Waals surface area (Å²) in [5.74, 6) is -0.0348. The standard InChI is InChI=1S/C16H18FNO/c1-18-15(13-6-4-3-5-7-13)11-12-8-9-16(19-2)14(17)10-12/h3-10,15,18H,11H2,1-2H3. The van der Waals surface area contributed by atoms with Crippen LogP contribution in [0.25, 0.3) is 0 Å². The minimum absolute atomic E-state index is 0.175. The molecule has 0 aliphatic heterocycles. The van der Waals surface area contributed by atoms with Crippen LogP contribution in [-0.2, 0) is 6.42 Å². The maximum Gasteiger partial charge on any atom is 0.165 e. The van der Waals surface area contributed by atoms with Gasteiger partial charge in [-0.25, -0.2) is 4.39 Å². The van der Waals surface area contributed by atoms with E-state index in [-0.39, 0.29) is 17.6 Å². The number of likely N-dealkylation sites (N-methyl/N-ethyl adjacent to an activating group) is 1. The SMILES string of the molecule is CNC(Cc1ccc(OC)c(F)c1)c1ccccc1. The average Bonchev–Trinajstić information content (AvgIpc) is 2.46. The molecule has 0 radical (unpaired) electrons. The number of methoxy groups -OCH3 is 1. The van der Waals surface area contributed by atoms with Crippen molar-refractivity contribution in [1.82, 2.24) is 5.32 Å². The van der Waals surface area contributed by atoms with Gasteiger partial charge in [-0.3, -0.25) is 0 Å². The molecule has 2 rings (SSSR count). The van der Waals surface area contributed by atoms with Crippen LogP contribution in [-0.4, -0.2) is 14.2 Å². The third-order valence-electron chi connectivity index (χ3n) is 3.21. The first-order valence-electron chi connectivity index (χ1n) is 6.29. The average molecular weight is 259 g/mol. The highest BCUT2D eigenvalue weighted by Gasteiger charge is 2.11. The van der Waals surface area contributed by atoms with Gasteiger partial charge in [0, 0.05) is 6.04 Å². The summed E-state index contributed by atoms with van der Waals surface area (Å²) in [5.41, 5.74) is 2.14. The maximum atomic E-state index is 13.7. The predicted molar refractivity (Wildman–Crippen MR) is 74.9 cm³/mol. The summed E-state index contributed by atoms with van der Waals surface area (Å²) < 4.78 is 18.6. The van der Waals surface area contributed by atoms with Gasteiger partial charge >= 0.3 is 0 Å². The highest BCUT2D eigenvalue weighted by molar-refractivity contribution is 5.31. The Hall–Kier alpha value is -1.87. The van der Waals surface area contributed by atoms with Gasteiger partial charge in [0.2, 0.25) is 0 Å². The van der Waals surface area contributed by atoms with Crippen LogP contribution in [0.1, 0.15) is 17.2 Å². The fourth-order valence-corrected chi connectivity index (χ4v) is 2.14. The highest BCUT2D eigenvalue weighted by atomic mass is 19.1. The third-order valence-corrected chi connectivity index (χ3v) is 3.21. The second-order valence-electron chi connectivity index (χ2n) is 4.42. The summed E-state index contributed by atoms with van der Waals surface area (Å²) in [4.78, 5) is 0. The molecule has 0 aromatic heterocycles. The Labute approximate surface area is 113 Å². The summed E-state index contributed by atoms with van der Waals surface area (Å²) >= 11 is 0. The van der Waals surface area contributed by atoms with E-state index >= 15 is 0 Å². The van der Waals surface area contributed by atoms with Crippen molar-refractivity contribution in [3.63, 3.8) is 0 Å². The number of hydrogen-bond donors (Lipinski definition) is 1. The van der Waals surface area contributed by atoms with Crippen LogP contribution in [0, 0.1) is 5.82 Å². The fourth-order valence-electron chi connectivity index (χ4n) is 2.14. The van der Waals surface area contributed by atoms with Crippen molar-refractivity contribution in [2.75, 3.05) is 14.2 Å². The molecule has 0 heterocycles. The topological polar surface area (TPSA) is 21.3 Å². The second-order valence-corrected chi connectivity index (χ2v) is 4.42. The molecule has 1 unspecified atom stereocenters. The van der Waals surface area contributed by atoms with E-state index in [2.05, 4.69) is 17.4 Å². The molecule has 0 saturated heterocycles. The Morgan fingerprint density at radius 2 is 1.89 bits per heavy atom. The smallest absolute Gasteiger partial charge is 0.165 e. The van der Waals surface area contributed by atoms with Crippen LogP contribution >= 0.6 is 0 Å². The number of rotatable bonds is 5. The van der Waals surface area contributed by atoms with Gasteiger partial charge in [0.05, 0.1) is 7.11 Å². The van der Waals surface area contributed by atoms with Crippen molar-refractivity contribution in [3.05, 3.63) is 65.5 Å². The monoisotopic (exact) mass is 259 g/mol. The summed E-state index contributed by atoms with van der Waals surface area (Å²) in [6.45, 7) is 0. The molecule has 0 amide bonds. The highest BCUT2D eigenvalue weighted by Crippen LogP contribution is 2.22. The van der Waals surface area contributed by atoms with Crippen LogP contribution in [0.3, 0.4) is 0 Å². The molecule has 19 heavy (non-hydrogen) atoms. The van der Waals surface area contributed by atoms with Gasteiger partial charge < -0.3 is 10.1 Å². The van der Waals surface area contributed by atoms with E-state index in [1.54, 1.807) is 6.07 Å². The van der Waals surface area contributed by atoms with Crippen molar-refractivity contribution >= 4 is 0 Å². The lowest BCUT2D eigenvalue weighted by Gasteiger charge is -2.17. The number of hydrogen-bond acceptors (Lipinski definition) is 2. The van der Waals surface area contributed by atoms with Gasteiger partial charge in [-0.1, -0.05) is 36.4 Å². The predicted octanol–water partition coefficient (Wildman–Crippen LogP) is 3.34.